The van der Waals surface area contributed by atoms with Gasteiger partial charge in [0.05, 0.1) is 0 Å². The van der Waals surface area contributed by atoms with E-state index in [9.17, 15) is 4.79 Å². The third-order valence-electron chi connectivity index (χ3n) is 0.0958. The van der Waals surface area contributed by atoms with E-state index >= 15 is 0 Å². The molecule has 0 unspecified atom stereocenters. The zero-order valence-electron chi connectivity index (χ0n) is 2.65. The van der Waals surface area contributed by atoms with Gasteiger partial charge in [-0.05, 0) is 0 Å². The Labute approximate surface area is 69.5 Å². The van der Waals surface area contributed by atoms with Crippen LogP contribution in [0.25, 0.3) is 0 Å². The van der Waals surface area contributed by atoms with E-state index in [1.54, 1.807) is 0 Å². The minimum absolute atomic E-state index is 0. The molecule has 0 radical (unpaired) electrons. The Kier molecular flexibility index (Phi) is 10.4. The molecule has 0 fully saturated rings. The quantitative estimate of drug-likeness (QED) is 0.550. The SMILES string of the molecule is CC(=O)[O][Ir].[NaH]. The first-order chi connectivity index (χ1) is 2.27. The molecule has 0 saturated carbocycles. The van der Waals surface area contributed by atoms with Gasteiger partial charge in [-0.3, -0.25) is 0 Å². The van der Waals surface area contributed by atoms with E-state index in [2.05, 4.69) is 3.50 Å². The summed E-state index contributed by atoms with van der Waals surface area (Å²) in [4.78, 5) is 9.59. The Morgan fingerprint density at radius 1 is 1.83 bits per heavy atom. The van der Waals surface area contributed by atoms with Crippen LogP contribution >= 0.6 is 0 Å². The molecular formula is C2H4IrNaO2. The van der Waals surface area contributed by atoms with E-state index < -0.39 is 0 Å². The predicted octanol–water partition coefficient (Wildman–Crippen LogP) is -0.637. The molecular weight excluding hydrogens is 271 g/mol. The molecule has 0 saturated heterocycles. The first-order valence-corrected chi connectivity index (χ1v) is 2.02. The van der Waals surface area contributed by atoms with Gasteiger partial charge in [-0.25, -0.2) is 0 Å². The second-order valence-electron chi connectivity index (χ2n) is 0.560. The fourth-order valence-corrected chi connectivity index (χ4v) is 0. The van der Waals surface area contributed by atoms with Gasteiger partial charge in [-0.1, -0.05) is 0 Å². The summed E-state index contributed by atoms with van der Waals surface area (Å²) in [5, 5.41) is 0. The van der Waals surface area contributed by atoms with Gasteiger partial charge in [0.2, 0.25) is 0 Å². The minimum atomic E-state index is -0.245. The Morgan fingerprint density at radius 2 is 2.00 bits per heavy atom. The fraction of sp³-hybridized carbons (Fsp3) is 0.500. The molecule has 0 aromatic heterocycles. The van der Waals surface area contributed by atoms with Crippen molar-refractivity contribution in [1.29, 1.82) is 0 Å². The molecule has 0 aromatic carbocycles. The zero-order valence-corrected chi connectivity index (χ0v) is 5.04. The first-order valence-electron chi connectivity index (χ1n) is 1.04. The van der Waals surface area contributed by atoms with Gasteiger partial charge in [0.25, 0.3) is 0 Å². The number of hydrogen-bond donors (Lipinski definition) is 0. The summed E-state index contributed by atoms with van der Waals surface area (Å²) in [6, 6.07) is 0. The second-order valence-corrected chi connectivity index (χ2v) is 1.05. The van der Waals surface area contributed by atoms with Crippen molar-refractivity contribution in [3.05, 3.63) is 0 Å². The first kappa shape index (κ1) is 10.2. The molecule has 0 rings (SSSR count). The molecule has 0 N–H and O–H groups in total. The molecule has 0 aliphatic rings. The van der Waals surface area contributed by atoms with Crippen LogP contribution in [0.15, 0.2) is 0 Å². The van der Waals surface area contributed by atoms with Gasteiger partial charge in [-0.15, -0.1) is 0 Å². The summed E-state index contributed by atoms with van der Waals surface area (Å²) in [6.07, 6.45) is 0. The Balaban J connectivity index is 0. The third kappa shape index (κ3) is 8.93. The van der Waals surface area contributed by atoms with Crippen LogP contribution in [-0.4, -0.2) is 35.5 Å². The van der Waals surface area contributed by atoms with E-state index in [4.69, 9.17) is 0 Å². The Hall–Kier alpha value is 1.12. The average Bonchev–Trinajstić information content (AvgIpc) is 1.38. The van der Waals surface area contributed by atoms with E-state index in [1.165, 1.54) is 26.2 Å². The van der Waals surface area contributed by atoms with Crippen molar-refractivity contribution in [3.63, 3.8) is 0 Å². The molecule has 34 valence electrons. The Bertz CT molecular complexity index is 46.8. The van der Waals surface area contributed by atoms with Crippen molar-refractivity contribution in [2.45, 2.75) is 6.92 Å². The number of rotatable bonds is 0. The van der Waals surface area contributed by atoms with Crippen LogP contribution < -0.4 is 0 Å². The summed E-state index contributed by atoms with van der Waals surface area (Å²) < 4.78 is 4.11. The molecule has 4 heteroatoms. The van der Waals surface area contributed by atoms with Crippen LogP contribution in [0.3, 0.4) is 0 Å². The molecule has 0 spiro atoms. The molecule has 0 heterocycles. The molecule has 0 amide bonds. The van der Waals surface area contributed by atoms with Crippen LogP contribution in [0.5, 0.6) is 0 Å². The fourth-order valence-electron chi connectivity index (χ4n) is 0. The predicted molar refractivity (Wildman–Crippen MR) is 18.9 cm³/mol. The van der Waals surface area contributed by atoms with Crippen molar-refractivity contribution in [2.75, 3.05) is 0 Å². The van der Waals surface area contributed by atoms with E-state index in [0.29, 0.717) is 0 Å². The monoisotopic (exact) mass is 276 g/mol. The van der Waals surface area contributed by atoms with Crippen molar-refractivity contribution >= 4 is 35.5 Å². The van der Waals surface area contributed by atoms with Crippen LogP contribution in [0.1, 0.15) is 6.92 Å². The molecule has 0 bridgehead atoms. The van der Waals surface area contributed by atoms with Crippen molar-refractivity contribution in [2.24, 2.45) is 0 Å². The maximum absolute atomic E-state index is 9.59. The third-order valence-corrected chi connectivity index (χ3v) is 0.784. The Morgan fingerprint density at radius 3 is 2.00 bits per heavy atom. The molecule has 0 atom stereocenters. The summed E-state index contributed by atoms with van der Waals surface area (Å²) >= 11 is 1.35. The van der Waals surface area contributed by atoms with Gasteiger partial charge in [-0.2, -0.15) is 0 Å². The maximum atomic E-state index is 9.59. The van der Waals surface area contributed by atoms with Crippen LogP contribution in [0, 0.1) is 0 Å². The van der Waals surface area contributed by atoms with Gasteiger partial charge in [0.1, 0.15) is 0 Å². The van der Waals surface area contributed by atoms with E-state index in [0.717, 1.165) is 0 Å². The summed E-state index contributed by atoms with van der Waals surface area (Å²) in [5.74, 6) is -0.245. The van der Waals surface area contributed by atoms with Crippen LogP contribution in [0.4, 0.5) is 0 Å². The summed E-state index contributed by atoms with van der Waals surface area (Å²) in [7, 11) is 0. The molecule has 0 aromatic rings. The number of carbonyl (C=O) groups is 1. The van der Waals surface area contributed by atoms with E-state index in [1.807, 2.05) is 0 Å². The van der Waals surface area contributed by atoms with Crippen molar-refractivity contribution < 1.29 is 27.6 Å². The van der Waals surface area contributed by atoms with Crippen LogP contribution in [0.2, 0.25) is 0 Å². The topological polar surface area (TPSA) is 26.3 Å². The van der Waals surface area contributed by atoms with E-state index in [-0.39, 0.29) is 35.5 Å². The molecule has 0 aliphatic heterocycles. The van der Waals surface area contributed by atoms with Gasteiger partial charge < -0.3 is 0 Å². The van der Waals surface area contributed by atoms with Crippen molar-refractivity contribution in [3.8, 4) is 0 Å². The molecule has 0 aliphatic carbocycles. The second kappa shape index (κ2) is 6.12. The average molecular weight is 275 g/mol. The van der Waals surface area contributed by atoms with Gasteiger partial charge in [0, 0.05) is 0 Å². The summed E-state index contributed by atoms with van der Waals surface area (Å²) in [5.41, 5.74) is 0. The molecule has 6 heavy (non-hydrogen) atoms. The van der Waals surface area contributed by atoms with Crippen molar-refractivity contribution in [1.82, 2.24) is 0 Å². The number of carbonyl (C=O) groups excluding carboxylic acids is 1. The normalized spacial score (nSPS) is 5.83. The van der Waals surface area contributed by atoms with Crippen LogP contribution in [-0.2, 0) is 27.6 Å². The van der Waals surface area contributed by atoms with Gasteiger partial charge >= 0.3 is 70.0 Å². The van der Waals surface area contributed by atoms with Gasteiger partial charge in [0.15, 0.2) is 0 Å². The number of hydrogen-bond acceptors (Lipinski definition) is 2. The summed E-state index contributed by atoms with van der Waals surface area (Å²) in [6.45, 7) is 1.36. The standard InChI is InChI=1S/C2H4O2.Ir.Na.H/c1-2(3)4;;;/h1H3,(H,3,4);;;/q;+1;;/p-1. The molecule has 2 nitrogen and oxygen atoms in total. The zero-order chi connectivity index (χ0) is 4.28.